The van der Waals surface area contributed by atoms with E-state index in [1.165, 1.54) is 28.7 Å². The molecule has 150 valence electrons. The van der Waals surface area contributed by atoms with Crippen molar-refractivity contribution in [3.63, 3.8) is 0 Å². The molecule has 0 fully saturated rings. The Morgan fingerprint density at radius 3 is 2.43 bits per heavy atom. The fourth-order valence-electron chi connectivity index (χ4n) is 2.49. The molecule has 0 bridgehead atoms. The summed E-state index contributed by atoms with van der Waals surface area (Å²) in [6.45, 7) is 4.18. The molecule has 3 aromatic rings. The van der Waals surface area contributed by atoms with Gasteiger partial charge in [0, 0.05) is 19.3 Å². The zero-order valence-corrected chi connectivity index (χ0v) is 17.5. The third kappa shape index (κ3) is 3.98. The molecule has 0 saturated carbocycles. The van der Waals surface area contributed by atoms with Crippen molar-refractivity contribution in [1.82, 2.24) is 22.9 Å². The number of benzene rings is 1. The molecule has 2 N–H and O–H groups in total. The van der Waals surface area contributed by atoms with E-state index < -0.39 is 20.0 Å². The largest absolute Gasteiger partial charge is 0.292 e. The lowest BCUT2D eigenvalue weighted by Gasteiger charge is -2.18. The Morgan fingerprint density at radius 1 is 1.04 bits per heavy atom. The van der Waals surface area contributed by atoms with Crippen LogP contribution in [0.3, 0.4) is 0 Å². The molecular formula is C15H18N6O4S3. The van der Waals surface area contributed by atoms with E-state index >= 15 is 0 Å². The topological polar surface area (TPSA) is 134 Å². The third-order valence-electron chi connectivity index (χ3n) is 3.93. The van der Waals surface area contributed by atoms with Gasteiger partial charge in [-0.3, -0.25) is 5.43 Å². The molecule has 0 atom stereocenters. The molecule has 10 nitrogen and oxygen atoms in total. The van der Waals surface area contributed by atoms with E-state index in [1.807, 2.05) is 0 Å². The number of nitrogens with zero attached hydrogens (tertiary/aromatic N) is 4. The summed E-state index contributed by atoms with van der Waals surface area (Å²) in [6.07, 6.45) is 1.18. The maximum atomic E-state index is 12.5. The number of anilines is 1. The van der Waals surface area contributed by atoms with Crippen molar-refractivity contribution in [2.45, 2.75) is 23.6 Å². The lowest BCUT2D eigenvalue weighted by Crippen LogP contribution is -2.31. The van der Waals surface area contributed by atoms with Crippen molar-refractivity contribution < 1.29 is 16.8 Å². The fourth-order valence-corrected chi connectivity index (χ4v) is 5.51. The van der Waals surface area contributed by atoms with Crippen LogP contribution < -0.4 is 10.3 Å². The molecule has 0 amide bonds. The number of pyridine rings is 1. The zero-order valence-electron chi connectivity index (χ0n) is 15.0. The second kappa shape index (κ2) is 8.05. The molecule has 0 aliphatic carbocycles. The van der Waals surface area contributed by atoms with E-state index in [0.717, 1.165) is 11.7 Å². The maximum absolute atomic E-state index is 12.5. The Hall–Kier alpha value is -2.19. The maximum Gasteiger partial charge on any atom is 0.259 e. The molecule has 13 heteroatoms. The van der Waals surface area contributed by atoms with Gasteiger partial charge in [-0.15, -0.1) is 4.83 Å². The summed E-state index contributed by atoms with van der Waals surface area (Å²) >= 11 is 0.922. The van der Waals surface area contributed by atoms with Crippen molar-refractivity contribution in [3.8, 4) is 0 Å². The molecule has 28 heavy (non-hydrogen) atoms. The van der Waals surface area contributed by atoms with Crippen molar-refractivity contribution in [2.24, 2.45) is 0 Å². The first-order valence-corrected chi connectivity index (χ1v) is 11.9. The second-order valence-corrected chi connectivity index (χ2v) is 9.70. The lowest BCUT2D eigenvalue weighted by atomic mass is 10.3. The second-order valence-electron chi connectivity index (χ2n) is 5.59. The summed E-state index contributed by atoms with van der Waals surface area (Å²) in [5.41, 5.74) is 3.23. The molecule has 0 aliphatic rings. The normalized spacial score (nSPS) is 12.5. The Bertz CT molecular complexity index is 1170. The van der Waals surface area contributed by atoms with Crippen LogP contribution in [0.1, 0.15) is 13.8 Å². The summed E-state index contributed by atoms with van der Waals surface area (Å²) in [4.78, 5) is 6.20. The Labute approximate surface area is 167 Å². The van der Waals surface area contributed by atoms with Gasteiger partial charge in [0.15, 0.2) is 0 Å². The van der Waals surface area contributed by atoms with E-state index in [1.54, 1.807) is 26.0 Å². The Morgan fingerprint density at radius 2 is 1.79 bits per heavy atom. The molecule has 3 rings (SSSR count). The van der Waals surface area contributed by atoms with Gasteiger partial charge in [-0.05, 0) is 24.3 Å². The Kier molecular flexibility index (Phi) is 5.90. The van der Waals surface area contributed by atoms with Crippen molar-refractivity contribution in [3.05, 3.63) is 36.5 Å². The summed E-state index contributed by atoms with van der Waals surface area (Å²) in [5.74, 6) is 0.144. The van der Waals surface area contributed by atoms with Gasteiger partial charge in [0.25, 0.3) is 10.0 Å². The average Bonchev–Trinajstić information content (AvgIpc) is 3.16. The predicted octanol–water partition coefficient (Wildman–Crippen LogP) is 1.42. The van der Waals surface area contributed by atoms with Crippen LogP contribution in [0.5, 0.6) is 0 Å². The number of nitrogens with one attached hydrogen (secondary N) is 2. The summed E-state index contributed by atoms with van der Waals surface area (Å²) in [5, 5.41) is 0. The van der Waals surface area contributed by atoms with Crippen LogP contribution in [0.15, 0.2) is 46.3 Å². The lowest BCUT2D eigenvalue weighted by molar-refractivity contribution is 0.445. The number of hydrogen-bond donors (Lipinski definition) is 2. The number of hydrazine groups is 1. The molecule has 1 aromatic carbocycles. The van der Waals surface area contributed by atoms with Gasteiger partial charge in [-0.25, -0.2) is 21.8 Å². The van der Waals surface area contributed by atoms with Crippen LogP contribution in [0.2, 0.25) is 0 Å². The van der Waals surface area contributed by atoms with Gasteiger partial charge in [-0.1, -0.05) is 19.9 Å². The van der Waals surface area contributed by atoms with Gasteiger partial charge in [0.2, 0.25) is 10.0 Å². The first-order valence-electron chi connectivity index (χ1n) is 8.25. The van der Waals surface area contributed by atoms with Crippen molar-refractivity contribution >= 4 is 48.6 Å². The smallest absolute Gasteiger partial charge is 0.259 e. The van der Waals surface area contributed by atoms with Crippen LogP contribution in [0.4, 0.5) is 5.82 Å². The number of rotatable bonds is 8. The number of aromatic nitrogens is 3. The first-order chi connectivity index (χ1) is 13.3. The zero-order chi connectivity index (χ0) is 20.4. The first kappa shape index (κ1) is 20.5. The van der Waals surface area contributed by atoms with E-state index in [-0.39, 0.29) is 21.1 Å². The third-order valence-corrected chi connectivity index (χ3v) is 7.79. The highest BCUT2D eigenvalue weighted by molar-refractivity contribution is 7.89. The Balaban J connectivity index is 1.77. The van der Waals surface area contributed by atoms with Crippen molar-refractivity contribution in [1.29, 1.82) is 0 Å². The minimum Gasteiger partial charge on any atom is -0.292 e. The summed E-state index contributed by atoms with van der Waals surface area (Å²) in [7, 11) is -7.57. The van der Waals surface area contributed by atoms with Crippen molar-refractivity contribution in [2.75, 3.05) is 18.5 Å². The molecule has 0 radical (unpaired) electrons. The number of fused-ring (bicyclic) bond motifs is 1. The summed E-state index contributed by atoms with van der Waals surface area (Å²) < 4.78 is 59.3. The van der Waals surface area contributed by atoms with Crippen LogP contribution in [0, 0.1) is 0 Å². The monoisotopic (exact) mass is 442 g/mol. The quantitative estimate of drug-likeness (QED) is 0.500. The number of hydrogen-bond acceptors (Lipinski definition) is 9. The molecule has 0 saturated heterocycles. The minimum atomic E-state index is -3.94. The molecule has 0 spiro atoms. The standard InChI is InChI=1S/C15H18N6O4S3/c1-3-21(4-2)28(24,25)11-8-9-14(16-10-11)17-20-27(22,23)13-7-5-6-12-15(13)19-26-18-12/h5-10,20H,3-4H2,1-2H3,(H,16,17). The highest BCUT2D eigenvalue weighted by Gasteiger charge is 2.22. The SMILES string of the molecule is CCN(CC)S(=O)(=O)c1ccc(NNS(=O)(=O)c2cccc3nsnc23)nc1. The van der Waals surface area contributed by atoms with Gasteiger partial charge < -0.3 is 0 Å². The van der Waals surface area contributed by atoms with Gasteiger partial charge in [0.1, 0.15) is 26.6 Å². The minimum absolute atomic E-state index is 0.0213. The highest BCUT2D eigenvalue weighted by atomic mass is 32.2. The number of sulfonamides is 2. The van der Waals surface area contributed by atoms with Crippen LogP contribution in [-0.4, -0.2) is 48.0 Å². The highest BCUT2D eigenvalue weighted by Crippen LogP contribution is 2.21. The fraction of sp³-hybridized carbons (Fsp3) is 0.267. The molecule has 0 unspecified atom stereocenters. The molecule has 0 aliphatic heterocycles. The average molecular weight is 443 g/mol. The van der Waals surface area contributed by atoms with E-state index in [2.05, 4.69) is 24.0 Å². The van der Waals surface area contributed by atoms with Crippen LogP contribution in [0.25, 0.3) is 11.0 Å². The van der Waals surface area contributed by atoms with Crippen LogP contribution in [-0.2, 0) is 20.0 Å². The van der Waals surface area contributed by atoms with E-state index in [4.69, 9.17) is 0 Å². The molecule has 2 heterocycles. The predicted molar refractivity (Wildman–Crippen MR) is 106 cm³/mol. The van der Waals surface area contributed by atoms with Crippen LogP contribution >= 0.6 is 11.7 Å². The van der Waals surface area contributed by atoms with Gasteiger partial charge >= 0.3 is 0 Å². The molecule has 2 aromatic heterocycles. The van der Waals surface area contributed by atoms with E-state index in [0.29, 0.717) is 18.6 Å². The molecular weight excluding hydrogens is 424 g/mol. The van der Waals surface area contributed by atoms with E-state index in [9.17, 15) is 16.8 Å². The summed E-state index contributed by atoms with van der Waals surface area (Å²) in [6, 6.07) is 7.40. The van der Waals surface area contributed by atoms with Gasteiger partial charge in [-0.2, -0.15) is 13.1 Å². The van der Waals surface area contributed by atoms with Gasteiger partial charge in [0.05, 0.1) is 11.7 Å².